The highest BCUT2D eigenvalue weighted by atomic mass is 31.3. The number of imidazole rings is 1. The molecular weight excluding hydrogens is 657 g/mol. The molecule has 1 saturated heterocycles. The maximum Gasteiger partial charge on any atom is 0.536 e. The lowest BCUT2D eigenvalue weighted by atomic mass is 10.1. The van der Waals surface area contributed by atoms with Gasteiger partial charge in [-0.15, -0.1) is 0 Å². The number of rotatable bonds is 11. The first-order valence-corrected chi connectivity index (χ1v) is 16.4. The number of benzene rings is 2. The normalized spacial score (nSPS) is 24.5. The Bertz CT molecular complexity index is 1890. The molecule has 0 saturated carbocycles. The number of nitro groups is 1. The molecule has 21 nitrogen and oxygen atoms in total. The van der Waals surface area contributed by atoms with E-state index >= 15 is 0 Å². The van der Waals surface area contributed by atoms with Crippen LogP contribution in [0.3, 0.4) is 0 Å². The predicted molar refractivity (Wildman–Crippen MR) is 144 cm³/mol. The Balaban J connectivity index is 1.23. The molecule has 236 valence electrons. The minimum atomic E-state index is -5.91. The third-order valence-corrected chi connectivity index (χ3v) is 10.3. The number of ether oxygens (including phenoxy) is 1. The van der Waals surface area contributed by atoms with Crippen LogP contribution >= 0.6 is 23.5 Å². The van der Waals surface area contributed by atoms with E-state index in [9.17, 15) is 48.7 Å². The van der Waals surface area contributed by atoms with E-state index in [1.165, 1.54) is 35.2 Å². The van der Waals surface area contributed by atoms with Crippen molar-refractivity contribution in [1.29, 1.82) is 0 Å². The molecule has 2 aromatic carbocycles. The molecule has 24 heteroatoms. The summed E-state index contributed by atoms with van der Waals surface area (Å²) in [6.45, 7) is -1.01. The Hall–Kier alpha value is -3.42. The minimum Gasteiger partial charge on any atom is -0.403 e. The van der Waals surface area contributed by atoms with Crippen LogP contribution in [-0.4, -0.2) is 74.3 Å². The number of phosphoric acid groups is 3. The minimum absolute atomic E-state index is 0.00556. The van der Waals surface area contributed by atoms with Crippen molar-refractivity contribution in [3.63, 3.8) is 0 Å². The van der Waals surface area contributed by atoms with Crippen LogP contribution in [0, 0.1) is 10.1 Å². The van der Waals surface area contributed by atoms with Crippen LogP contribution in [0.1, 0.15) is 6.23 Å². The van der Waals surface area contributed by atoms with Gasteiger partial charge < -0.3 is 35.0 Å². The van der Waals surface area contributed by atoms with E-state index in [2.05, 4.69) is 28.1 Å². The van der Waals surface area contributed by atoms with Crippen LogP contribution in [0.25, 0.3) is 21.9 Å². The molecule has 1 aliphatic rings. The molecule has 4 aromatic rings. The van der Waals surface area contributed by atoms with E-state index in [4.69, 9.17) is 15.0 Å². The second kappa shape index (κ2) is 11.8. The number of nitro benzene ring substituents is 1. The van der Waals surface area contributed by atoms with Crippen molar-refractivity contribution in [3.8, 4) is 5.75 Å². The van der Waals surface area contributed by atoms with Crippen LogP contribution < -0.4 is 10.3 Å². The van der Waals surface area contributed by atoms with E-state index in [-0.39, 0.29) is 33.4 Å². The third-order valence-electron chi connectivity index (χ3n) is 6.08. The Morgan fingerprint density at radius 2 is 1.64 bits per heavy atom. The molecule has 44 heavy (non-hydrogen) atoms. The number of fused-ring (bicyclic) bond motifs is 2. The summed E-state index contributed by atoms with van der Waals surface area (Å²) in [6.07, 6.45) is -3.91. The number of nitrogen functional groups attached to an aromatic ring is 1. The Morgan fingerprint density at radius 1 is 0.955 bits per heavy atom. The fourth-order valence-corrected chi connectivity index (χ4v) is 7.79. The van der Waals surface area contributed by atoms with Crippen LogP contribution in [-0.2, 0) is 31.6 Å². The lowest BCUT2D eigenvalue weighted by molar-refractivity contribution is -0.383. The maximum absolute atomic E-state index is 12.5. The predicted octanol–water partition coefficient (Wildman–Crippen LogP) is 1.52. The third kappa shape index (κ3) is 6.64. The molecule has 3 unspecified atom stereocenters. The second-order valence-electron chi connectivity index (χ2n) is 8.97. The summed E-state index contributed by atoms with van der Waals surface area (Å²) in [6, 6.07) is 7.36. The standard InChI is InChI=1S/C20H21N6O15P3/c21-18-15-19(23-8-22-18)25(9-24-15)20-17(28)16(27)14(38-20)7-37-42(31,32)40-44(35,36)41-43(33,34)39-13-6-5-12(26(29)30)10-3-1-2-4-11(10)13/h1-6,8-9,14,16-17,20,27-28H,7H2,(H,31,32)(H,33,34)(H,35,36)(H2,21,22,23)/t14-,16-,17-,20-/m1/s1. The number of aliphatic hydroxyl groups is 2. The quantitative estimate of drug-likeness (QED) is 0.0744. The Labute approximate surface area is 244 Å². The average Bonchev–Trinajstić information content (AvgIpc) is 3.47. The first-order chi connectivity index (χ1) is 20.6. The summed E-state index contributed by atoms with van der Waals surface area (Å²) < 4.78 is 61.5. The molecule has 0 radical (unpaired) electrons. The molecule has 0 spiro atoms. The number of aromatic nitrogens is 4. The number of aliphatic hydroxyl groups excluding tert-OH is 2. The zero-order valence-electron chi connectivity index (χ0n) is 21.6. The summed E-state index contributed by atoms with van der Waals surface area (Å²) in [5.74, 6) is -0.449. The zero-order chi connectivity index (χ0) is 32.0. The van der Waals surface area contributed by atoms with Gasteiger partial charge in [0.15, 0.2) is 17.7 Å². The van der Waals surface area contributed by atoms with Gasteiger partial charge in [-0.25, -0.2) is 28.6 Å². The lowest BCUT2D eigenvalue weighted by Gasteiger charge is -2.20. The summed E-state index contributed by atoms with van der Waals surface area (Å²) >= 11 is 0. The Kier molecular flexibility index (Phi) is 8.60. The monoisotopic (exact) mass is 678 g/mol. The van der Waals surface area contributed by atoms with Crippen LogP contribution in [0.2, 0.25) is 0 Å². The van der Waals surface area contributed by atoms with E-state index < -0.39 is 65.3 Å². The summed E-state index contributed by atoms with van der Waals surface area (Å²) in [7, 11) is -17.1. The van der Waals surface area contributed by atoms with Gasteiger partial charge >= 0.3 is 23.5 Å². The van der Waals surface area contributed by atoms with E-state index in [1.54, 1.807) is 0 Å². The van der Waals surface area contributed by atoms with Crippen LogP contribution in [0.15, 0.2) is 49.1 Å². The second-order valence-corrected chi connectivity index (χ2v) is 13.5. The van der Waals surface area contributed by atoms with E-state index in [1.807, 2.05) is 0 Å². The molecule has 1 fully saturated rings. The highest BCUT2D eigenvalue weighted by molar-refractivity contribution is 7.67. The molecular formula is C20H21N6O15P3. The van der Waals surface area contributed by atoms with E-state index in [0.717, 1.165) is 18.5 Å². The molecule has 7 atom stereocenters. The van der Waals surface area contributed by atoms with Crippen LogP contribution in [0.5, 0.6) is 5.75 Å². The first-order valence-electron chi connectivity index (χ1n) is 11.9. The zero-order valence-corrected chi connectivity index (χ0v) is 24.3. The van der Waals surface area contributed by atoms with Crippen molar-refractivity contribution in [2.24, 2.45) is 0 Å². The fourth-order valence-electron chi connectivity index (χ4n) is 4.26. The van der Waals surface area contributed by atoms with Gasteiger partial charge in [0, 0.05) is 11.5 Å². The number of phosphoric ester groups is 2. The van der Waals surface area contributed by atoms with Gasteiger partial charge in [-0.1, -0.05) is 18.2 Å². The first kappa shape index (κ1) is 32.0. The number of hydrogen-bond donors (Lipinski definition) is 6. The van der Waals surface area contributed by atoms with E-state index in [0.29, 0.717) is 0 Å². The molecule has 2 aromatic heterocycles. The van der Waals surface area contributed by atoms with Gasteiger partial charge in [-0.05, 0) is 12.1 Å². The number of nitrogens with two attached hydrogens (primary N) is 1. The largest absolute Gasteiger partial charge is 0.536 e. The van der Waals surface area contributed by atoms with Crippen molar-refractivity contribution >= 4 is 56.9 Å². The summed E-state index contributed by atoms with van der Waals surface area (Å²) in [5.41, 5.74) is 5.65. The average molecular weight is 678 g/mol. The maximum atomic E-state index is 12.5. The number of non-ortho nitro benzene ring substituents is 1. The van der Waals surface area contributed by atoms with Gasteiger partial charge in [0.1, 0.15) is 35.9 Å². The number of nitrogens with zero attached hydrogens (tertiary/aromatic N) is 5. The number of hydrogen-bond acceptors (Lipinski definition) is 16. The van der Waals surface area contributed by atoms with Crippen molar-refractivity contribution in [3.05, 3.63) is 59.2 Å². The smallest absolute Gasteiger partial charge is 0.403 e. The lowest BCUT2D eigenvalue weighted by Crippen LogP contribution is -2.33. The van der Waals surface area contributed by atoms with Crippen molar-refractivity contribution in [1.82, 2.24) is 19.5 Å². The molecule has 5 rings (SSSR count). The van der Waals surface area contributed by atoms with Crippen molar-refractivity contribution in [2.45, 2.75) is 24.5 Å². The SMILES string of the molecule is Nc1ncnc2c1ncn2[C@@H]1O[C@H](COP(=O)(O)OP(=O)(O)OP(=O)(O)Oc2ccc([N+](=O)[O-])c3ccccc23)[C@@H](O)[C@H]1O. The van der Waals surface area contributed by atoms with Gasteiger partial charge in [0.05, 0.1) is 23.2 Å². The topological polar surface area (TPSA) is 311 Å². The van der Waals surface area contributed by atoms with Crippen molar-refractivity contribution in [2.75, 3.05) is 12.3 Å². The van der Waals surface area contributed by atoms with Gasteiger partial charge in [-0.3, -0.25) is 24.1 Å². The van der Waals surface area contributed by atoms with Crippen LogP contribution in [0.4, 0.5) is 11.5 Å². The summed E-state index contributed by atoms with van der Waals surface area (Å²) in [5, 5.41) is 32.1. The van der Waals surface area contributed by atoms with Gasteiger partial charge in [0.2, 0.25) is 0 Å². The van der Waals surface area contributed by atoms with Gasteiger partial charge in [0.25, 0.3) is 5.69 Å². The highest BCUT2D eigenvalue weighted by Crippen LogP contribution is 2.67. The Morgan fingerprint density at radius 3 is 2.34 bits per heavy atom. The molecule has 0 bridgehead atoms. The summed E-state index contributed by atoms with van der Waals surface area (Å²) in [4.78, 5) is 52.3. The molecule has 0 amide bonds. The molecule has 7 N–H and O–H groups in total. The highest BCUT2D eigenvalue weighted by Gasteiger charge is 2.47. The molecule has 3 heterocycles. The van der Waals surface area contributed by atoms with Gasteiger partial charge in [-0.2, -0.15) is 8.62 Å². The number of anilines is 1. The van der Waals surface area contributed by atoms with Crippen molar-refractivity contribution < 1.29 is 65.9 Å². The molecule has 1 aliphatic heterocycles. The fraction of sp³-hybridized carbons (Fsp3) is 0.250. The molecule has 0 aliphatic carbocycles.